The fourth-order valence-electron chi connectivity index (χ4n) is 1.83. The van der Waals surface area contributed by atoms with E-state index >= 15 is 0 Å². The van der Waals surface area contributed by atoms with Gasteiger partial charge in [0.15, 0.2) is 0 Å². The fourth-order valence-corrected chi connectivity index (χ4v) is 1.83. The molecule has 0 radical (unpaired) electrons. The molecule has 0 heterocycles. The van der Waals surface area contributed by atoms with Gasteiger partial charge in [0, 0.05) is 13.5 Å². The Morgan fingerprint density at radius 2 is 1.93 bits per heavy atom. The van der Waals surface area contributed by atoms with Crippen molar-refractivity contribution in [1.29, 1.82) is 0 Å². The minimum Gasteiger partial charge on any atom is -0.296 e. The molecule has 0 spiro atoms. The Morgan fingerprint density at radius 1 is 1.36 bits per heavy atom. The molecular formula is C12H23NO. The summed E-state index contributed by atoms with van der Waals surface area (Å²) in [5.74, 6) is 2.72. The summed E-state index contributed by atoms with van der Waals surface area (Å²) < 4.78 is 0. The van der Waals surface area contributed by atoms with Gasteiger partial charge in [0.1, 0.15) is 0 Å². The summed E-state index contributed by atoms with van der Waals surface area (Å²) in [6.07, 6.45) is 8.06. The first-order valence-corrected chi connectivity index (χ1v) is 5.17. The number of rotatable bonds is 6. The normalized spacial score (nSPS) is 16.0. The van der Waals surface area contributed by atoms with Crippen LogP contribution in [-0.4, -0.2) is 12.6 Å². The van der Waals surface area contributed by atoms with Crippen LogP contribution in [0.2, 0.25) is 0 Å². The van der Waals surface area contributed by atoms with Crippen LogP contribution in [0.15, 0.2) is 0 Å². The lowest BCUT2D eigenvalue weighted by Gasteiger charge is -2.35. The highest BCUT2D eigenvalue weighted by Crippen LogP contribution is 2.34. The average Bonchev–Trinajstić information content (AvgIpc) is 2.03. The van der Waals surface area contributed by atoms with Crippen molar-refractivity contribution < 1.29 is 4.84 Å². The van der Waals surface area contributed by atoms with E-state index in [2.05, 4.69) is 39.1 Å². The maximum absolute atomic E-state index is 5.54. The summed E-state index contributed by atoms with van der Waals surface area (Å²) in [6.45, 7) is 8.60. The summed E-state index contributed by atoms with van der Waals surface area (Å²) in [4.78, 5) is 5.54. The quantitative estimate of drug-likeness (QED) is 0.522. The Kier molecular flexibility index (Phi) is 5.18. The Labute approximate surface area is 88.4 Å². The van der Waals surface area contributed by atoms with Gasteiger partial charge in [-0.15, -0.1) is 12.3 Å². The molecule has 0 aromatic rings. The smallest absolute Gasteiger partial charge is 0.0871 e. The van der Waals surface area contributed by atoms with E-state index in [4.69, 9.17) is 11.3 Å². The molecule has 0 aromatic carbocycles. The van der Waals surface area contributed by atoms with Gasteiger partial charge < -0.3 is 0 Å². The lowest BCUT2D eigenvalue weighted by Crippen LogP contribution is -2.37. The molecule has 0 saturated heterocycles. The molecule has 82 valence electrons. The molecule has 0 aliphatic carbocycles. The minimum absolute atomic E-state index is 0.130. The Morgan fingerprint density at radius 3 is 2.29 bits per heavy atom. The lowest BCUT2D eigenvalue weighted by atomic mass is 9.78. The van der Waals surface area contributed by atoms with E-state index in [0.29, 0.717) is 0 Å². The van der Waals surface area contributed by atoms with Crippen LogP contribution in [0.3, 0.4) is 0 Å². The van der Waals surface area contributed by atoms with Crippen LogP contribution in [0.4, 0.5) is 0 Å². The highest BCUT2D eigenvalue weighted by molar-refractivity contribution is 4.93. The molecule has 14 heavy (non-hydrogen) atoms. The zero-order valence-corrected chi connectivity index (χ0v) is 10.1. The molecule has 1 unspecified atom stereocenters. The van der Waals surface area contributed by atoms with Crippen LogP contribution in [-0.2, 0) is 4.84 Å². The van der Waals surface area contributed by atoms with Crippen molar-refractivity contribution in [1.82, 2.24) is 5.48 Å². The molecule has 0 aliphatic rings. The Bertz CT molecular complexity index is 205. The minimum atomic E-state index is -0.130. The van der Waals surface area contributed by atoms with Crippen LogP contribution < -0.4 is 5.48 Å². The summed E-state index contributed by atoms with van der Waals surface area (Å²) in [6, 6.07) is 0. The number of hydrogen-bond acceptors (Lipinski definition) is 2. The van der Waals surface area contributed by atoms with Crippen LogP contribution >= 0.6 is 0 Å². The fraction of sp³-hybridized carbons (Fsp3) is 0.833. The SMILES string of the molecule is C#CCC(C)(C)CC(C)(CC)ONC. The second-order valence-corrected chi connectivity index (χ2v) is 4.83. The second-order valence-electron chi connectivity index (χ2n) is 4.83. The van der Waals surface area contributed by atoms with Gasteiger partial charge >= 0.3 is 0 Å². The van der Waals surface area contributed by atoms with Crippen LogP contribution in [0.25, 0.3) is 0 Å². The van der Waals surface area contributed by atoms with Gasteiger partial charge in [0.2, 0.25) is 0 Å². The molecule has 1 N–H and O–H groups in total. The molecule has 2 heteroatoms. The zero-order chi connectivity index (χ0) is 11.2. The van der Waals surface area contributed by atoms with Crippen molar-refractivity contribution in [2.24, 2.45) is 5.41 Å². The second kappa shape index (κ2) is 5.38. The van der Waals surface area contributed by atoms with E-state index in [0.717, 1.165) is 19.3 Å². The average molecular weight is 197 g/mol. The maximum atomic E-state index is 5.54. The van der Waals surface area contributed by atoms with Crippen molar-refractivity contribution in [2.75, 3.05) is 7.05 Å². The zero-order valence-electron chi connectivity index (χ0n) is 10.1. The first-order valence-electron chi connectivity index (χ1n) is 5.17. The molecule has 2 nitrogen and oxygen atoms in total. The molecule has 0 saturated carbocycles. The van der Waals surface area contributed by atoms with Gasteiger partial charge in [0.05, 0.1) is 5.60 Å². The van der Waals surface area contributed by atoms with Gasteiger partial charge in [0.25, 0.3) is 0 Å². The summed E-state index contributed by atoms with van der Waals surface area (Å²) in [5, 5.41) is 0. The van der Waals surface area contributed by atoms with Crippen LogP contribution in [0.5, 0.6) is 0 Å². The van der Waals surface area contributed by atoms with E-state index in [1.165, 1.54) is 0 Å². The maximum Gasteiger partial charge on any atom is 0.0871 e. The highest BCUT2D eigenvalue weighted by Gasteiger charge is 2.31. The third kappa shape index (κ3) is 4.64. The van der Waals surface area contributed by atoms with Crippen molar-refractivity contribution in [3.05, 3.63) is 0 Å². The van der Waals surface area contributed by atoms with Crippen LogP contribution in [0.1, 0.15) is 47.0 Å². The van der Waals surface area contributed by atoms with E-state index in [-0.39, 0.29) is 11.0 Å². The standard InChI is InChI=1S/C12H23NO/c1-7-9-11(3,4)10-12(5,8-2)14-13-6/h1,13H,8-10H2,2-6H3. The first-order chi connectivity index (χ1) is 6.39. The van der Waals surface area contributed by atoms with Crippen molar-refractivity contribution in [3.63, 3.8) is 0 Å². The molecule has 0 aromatic heterocycles. The van der Waals surface area contributed by atoms with Crippen molar-refractivity contribution >= 4 is 0 Å². The van der Waals surface area contributed by atoms with Gasteiger partial charge in [-0.3, -0.25) is 4.84 Å². The molecule has 0 amide bonds. The third-order valence-corrected chi connectivity index (χ3v) is 2.53. The van der Waals surface area contributed by atoms with Gasteiger partial charge in [-0.2, -0.15) is 0 Å². The first kappa shape index (κ1) is 13.5. The molecular weight excluding hydrogens is 174 g/mol. The molecule has 1 atom stereocenters. The number of nitrogens with one attached hydrogen (secondary N) is 1. The monoisotopic (exact) mass is 197 g/mol. The number of terminal acetylenes is 1. The lowest BCUT2D eigenvalue weighted by molar-refractivity contribution is -0.108. The Hall–Kier alpha value is -0.520. The number of hydrogen-bond donors (Lipinski definition) is 1. The summed E-state index contributed by atoms with van der Waals surface area (Å²) in [5.41, 5.74) is 2.78. The summed E-state index contributed by atoms with van der Waals surface area (Å²) in [7, 11) is 1.79. The predicted molar refractivity (Wildman–Crippen MR) is 60.7 cm³/mol. The van der Waals surface area contributed by atoms with Gasteiger partial charge in [-0.05, 0) is 25.2 Å². The van der Waals surface area contributed by atoms with E-state index in [1.54, 1.807) is 7.05 Å². The van der Waals surface area contributed by atoms with Crippen molar-refractivity contribution in [3.8, 4) is 12.3 Å². The van der Waals surface area contributed by atoms with Gasteiger partial charge in [-0.25, -0.2) is 5.48 Å². The largest absolute Gasteiger partial charge is 0.296 e. The molecule has 0 rings (SSSR count). The highest BCUT2D eigenvalue weighted by atomic mass is 16.7. The third-order valence-electron chi connectivity index (χ3n) is 2.53. The Balaban J connectivity index is 4.37. The topological polar surface area (TPSA) is 21.3 Å². The van der Waals surface area contributed by atoms with E-state index in [1.807, 2.05) is 0 Å². The molecule has 0 fully saturated rings. The number of hydroxylamine groups is 1. The molecule has 0 aliphatic heterocycles. The van der Waals surface area contributed by atoms with E-state index < -0.39 is 0 Å². The van der Waals surface area contributed by atoms with E-state index in [9.17, 15) is 0 Å². The summed E-state index contributed by atoms with van der Waals surface area (Å²) >= 11 is 0. The van der Waals surface area contributed by atoms with Gasteiger partial charge in [-0.1, -0.05) is 20.8 Å². The van der Waals surface area contributed by atoms with Crippen molar-refractivity contribution in [2.45, 2.75) is 52.6 Å². The predicted octanol–water partition coefficient (Wildman–Crippen LogP) is 2.75. The molecule has 0 bridgehead atoms. The van der Waals surface area contributed by atoms with Crippen LogP contribution in [0, 0.1) is 17.8 Å².